The van der Waals surface area contributed by atoms with Gasteiger partial charge in [0.25, 0.3) is 0 Å². The molecule has 2 N–H and O–H groups in total. The van der Waals surface area contributed by atoms with Crippen molar-refractivity contribution in [1.82, 2.24) is 29.3 Å². The highest BCUT2D eigenvalue weighted by Gasteiger charge is 2.44. The molecule has 34 heavy (non-hydrogen) atoms. The summed E-state index contributed by atoms with van der Waals surface area (Å²) in [4.78, 5) is 41.2. The number of fused-ring (bicyclic) bond motifs is 1. The van der Waals surface area contributed by atoms with Gasteiger partial charge in [-0.1, -0.05) is 0 Å². The van der Waals surface area contributed by atoms with E-state index in [1.807, 2.05) is 42.6 Å². The lowest BCUT2D eigenvalue weighted by atomic mass is 9.69. The second-order valence-electron chi connectivity index (χ2n) is 9.50. The Morgan fingerprint density at radius 1 is 1.03 bits per heavy atom. The van der Waals surface area contributed by atoms with Crippen LogP contribution >= 0.6 is 0 Å². The van der Waals surface area contributed by atoms with Gasteiger partial charge in [0.15, 0.2) is 5.65 Å². The third-order valence-electron chi connectivity index (χ3n) is 6.20. The van der Waals surface area contributed by atoms with Crippen molar-refractivity contribution in [2.45, 2.75) is 38.1 Å². The van der Waals surface area contributed by atoms with Gasteiger partial charge in [-0.2, -0.15) is 4.98 Å². The van der Waals surface area contributed by atoms with Gasteiger partial charge >= 0.3 is 11.9 Å². The number of hydrogen-bond acceptors (Lipinski definition) is 10. The number of rotatable bonds is 13. The normalized spacial score (nSPS) is 20.0. The van der Waals surface area contributed by atoms with Gasteiger partial charge in [0, 0.05) is 30.7 Å². The number of nitrogen functional groups attached to an aromatic ring is 1. The molecule has 188 valence electrons. The van der Waals surface area contributed by atoms with Gasteiger partial charge in [0.05, 0.1) is 25.7 Å². The molecule has 3 atom stereocenters. The number of aromatic nitrogens is 4. The van der Waals surface area contributed by atoms with E-state index >= 15 is 0 Å². The first kappa shape index (κ1) is 25.8. The van der Waals surface area contributed by atoms with Crippen molar-refractivity contribution in [3.8, 4) is 0 Å². The second kappa shape index (κ2) is 12.1. The van der Waals surface area contributed by atoms with Crippen molar-refractivity contribution in [2.75, 3.05) is 60.2 Å². The summed E-state index contributed by atoms with van der Waals surface area (Å²) in [6.45, 7) is 2.24. The first-order chi connectivity index (χ1) is 16.2. The fourth-order valence-electron chi connectivity index (χ4n) is 4.23. The summed E-state index contributed by atoms with van der Waals surface area (Å²) >= 11 is 0. The van der Waals surface area contributed by atoms with Crippen LogP contribution in [0, 0.1) is 11.8 Å². The first-order valence-electron chi connectivity index (χ1n) is 11.8. The molecule has 1 aliphatic rings. The zero-order valence-corrected chi connectivity index (χ0v) is 20.6. The van der Waals surface area contributed by atoms with E-state index in [1.165, 1.54) is 0 Å². The molecule has 0 radical (unpaired) electrons. The highest BCUT2D eigenvalue weighted by molar-refractivity contribution is 5.71. The van der Waals surface area contributed by atoms with Crippen molar-refractivity contribution in [1.29, 1.82) is 0 Å². The van der Waals surface area contributed by atoms with E-state index in [0.717, 1.165) is 32.4 Å². The maximum Gasteiger partial charge on any atom is 0.305 e. The molecule has 2 aromatic rings. The number of hydrogen-bond donors (Lipinski definition) is 1. The summed E-state index contributed by atoms with van der Waals surface area (Å²) in [5, 5.41) is 0. The van der Waals surface area contributed by atoms with Gasteiger partial charge in [0.2, 0.25) is 5.95 Å². The maximum atomic E-state index is 12.3. The number of nitrogens with two attached hydrogens (primary N) is 1. The summed E-state index contributed by atoms with van der Waals surface area (Å²) < 4.78 is 13.1. The van der Waals surface area contributed by atoms with Crippen molar-refractivity contribution in [2.24, 2.45) is 11.8 Å². The zero-order valence-electron chi connectivity index (χ0n) is 20.6. The number of ether oxygens (including phenoxy) is 2. The average Bonchev–Trinajstić information content (AvgIpc) is 3.15. The Balaban J connectivity index is 1.61. The van der Waals surface area contributed by atoms with Gasteiger partial charge in [-0.25, -0.2) is 9.97 Å². The van der Waals surface area contributed by atoms with Crippen molar-refractivity contribution in [3.05, 3.63) is 12.5 Å². The van der Waals surface area contributed by atoms with Crippen LogP contribution in [0.15, 0.2) is 12.5 Å². The molecular formula is C23H37N7O4. The third-order valence-corrected chi connectivity index (χ3v) is 6.20. The smallest absolute Gasteiger partial charge is 0.305 e. The molecular weight excluding hydrogens is 438 g/mol. The van der Waals surface area contributed by atoms with Crippen molar-refractivity contribution < 1.29 is 19.1 Å². The summed E-state index contributed by atoms with van der Waals surface area (Å²) in [5.74, 6) is -0.150. The largest absolute Gasteiger partial charge is 0.465 e. The van der Waals surface area contributed by atoms with E-state index in [0.29, 0.717) is 30.6 Å². The maximum absolute atomic E-state index is 12.3. The molecule has 0 bridgehead atoms. The minimum Gasteiger partial charge on any atom is -0.465 e. The van der Waals surface area contributed by atoms with E-state index in [-0.39, 0.29) is 42.4 Å². The Morgan fingerprint density at radius 3 is 2.26 bits per heavy atom. The molecule has 0 spiro atoms. The molecule has 3 rings (SSSR count). The number of imidazole rings is 1. The Kier molecular flexibility index (Phi) is 9.17. The topological polar surface area (TPSA) is 129 Å². The predicted octanol–water partition coefficient (Wildman–Crippen LogP) is 1.36. The SMILES string of the molecule is CN(C)CCCC(=O)OC[C@H]1C[C@@H](n2cnc3cnc(N)nc32)[C@H]1COC(=O)CCCN(C)C. The summed E-state index contributed by atoms with van der Waals surface area (Å²) in [7, 11) is 7.90. The summed E-state index contributed by atoms with van der Waals surface area (Å²) in [6, 6.07) is 0.0197. The molecule has 11 heteroatoms. The van der Waals surface area contributed by atoms with Crippen molar-refractivity contribution >= 4 is 29.1 Å². The lowest BCUT2D eigenvalue weighted by Gasteiger charge is -2.44. The van der Waals surface area contributed by atoms with Crippen LogP contribution in [0.25, 0.3) is 11.2 Å². The lowest BCUT2D eigenvalue weighted by Crippen LogP contribution is -2.44. The molecule has 0 saturated heterocycles. The molecule has 1 saturated carbocycles. The fourth-order valence-corrected chi connectivity index (χ4v) is 4.23. The zero-order chi connectivity index (χ0) is 24.7. The molecule has 1 aliphatic carbocycles. The highest BCUT2D eigenvalue weighted by atomic mass is 16.5. The summed E-state index contributed by atoms with van der Waals surface area (Å²) in [5.41, 5.74) is 7.09. The predicted molar refractivity (Wildman–Crippen MR) is 128 cm³/mol. The number of anilines is 1. The van der Waals surface area contributed by atoms with Gasteiger partial charge in [0.1, 0.15) is 5.52 Å². The molecule has 2 aromatic heterocycles. The fraction of sp³-hybridized carbons (Fsp3) is 0.696. The Hall–Kier alpha value is -2.79. The molecule has 2 heterocycles. The number of carbonyl (C=O) groups is 2. The Labute approximate surface area is 200 Å². The minimum absolute atomic E-state index is 0.0130. The van der Waals surface area contributed by atoms with Crippen LogP contribution in [-0.2, 0) is 19.1 Å². The molecule has 0 unspecified atom stereocenters. The van der Waals surface area contributed by atoms with Gasteiger partial charge < -0.3 is 29.6 Å². The molecule has 0 aromatic carbocycles. The van der Waals surface area contributed by atoms with Crippen LogP contribution < -0.4 is 5.73 Å². The standard InChI is InChI=1S/C23H37N7O4/c1-28(2)9-5-7-20(31)33-13-16-11-19(17(16)14-34-21(32)8-6-10-29(3)4)30-15-26-18-12-25-23(24)27-22(18)30/h12,15-17,19H,5-11,13-14H2,1-4H3,(H2,24,25,27)/t16-,17+,19-/m1/s1. The first-order valence-corrected chi connectivity index (χ1v) is 11.8. The lowest BCUT2D eigenvalue weighted by molar-refractivity contribution is -0.155. The Morgan fingerprint density at radius 2 is 1.65 bits per heavy atom. The van der Waals surface area contributed by atoms with E-state index in [4.69, 9.17) is 15.2 Å². The van der Waals surface area contributed by atoms with E-state index < -0.39 is 0 Å². The van der Waals surface area contributed by atoms with Crippen LogP contribution in [-0.4, -0.2) is 95.8 Å². The monoisotopic (exact) mass is 475 g/mol. The van der Waals surface area contributed by atoms with Crippen LogP contribution in [0.2, 0.25) is 0 Å². The Bertz CT molecular complexity index is 962. The van der Waals surface area contributed by atoms with Gasteiger partial charge in [-0.05, 0) is 60.5 Å². The quantitative estimate of drug-likeness (QED) is 0.424. The number of carbonyl (C=O) groups excluding carboxylic acids is 2. The van der Waals surface area contributed by atoms with Crippen LogP contribution in [0.1, 0.15) is 38.1 Å². The van der Waals surface area contributed by atoms with Crippen LogP contribution in [0.4, 0.5) is 5.95 Å². The summed E-state index contributed by atoms with van der Waals surface area (Å²) in [6.07, 6.45) is 6.36. The van der Waals surface area contributed by atoms with E-state index in [1.54, 1.807) is 12.5 Å². The third kappa shape index (κ3) is 7.10. The molecule has 1 fully saturated rings. The van der Waals surface area contributed by atoms with Gasteiger partial charge in [-0.3, -0.25) is 9.59 Å². The second-order valence-corrected chi connectivity index (χ2v) is 9.50. The molecule has 0 amide bonds. The van der Waals surface area contributed by atoms with Gasteiger partial charge in [-0.15, -0.1) is 0 Å². The van der Waals surface area contributed by atoms with E-state index in [2.05, 4.69) is 15.0 Å². The number of nitrogens with zero attached hydrogens (tertiary/aromatic N) is 6. The van der Waals surface area contributed by atoms with Crippen LogP contribution in [0.3, 0.4) is 0 Å². The minimum atomic E-state index is -0.214. The highest BCUT2D eigenvalue weighted by Crippen LogP contribution is 2.45. The molecule has 11 nitrogen and oxygen atoms in total. The van der Waals surface area contributed by atoms with Crippen molar-refractivity contribution in [3.63, 3.8) is 0 Å². The average molecular weight is 476 g/mol. The van der Waals surface area contributed by atoms with E-state index in [9.17, 15) is 9.59 Å². The van der Waals surface area contributed by atoms with Crippen LogP contribution in [0.5, 0.6) is 0 Å². The number of esters is 2. The molecule has 0 aliphatic heterocycles.